The number of carbonyl (C=O) groups is 1. The summed E-state index contributed by atoms with van der Waals surface area (Å²) in [5.41, 5.74) is 6.98. The van der Waals surface area contributed by atoms with Crippen LogP contribution in [0, 0.1) is 0 Å². The van der Waals surface area contributed by atoms with Gasteiger partial charge in [-0.05, 0) is 12.1 Å². The first-order valence-corrected chi connectivity index (χ1v) is 5.33. The molecule has 0 aliphatic heterocycles. The molecule has 4 nitrogen and oxygen atoms in total. The van der Waals surface area contributed by atoms with Crippen LogP contribution in [0.5, 0.6) is 0 Å². The van der Waals surface area contributed by atoms with E-state index in [1.54, 1.807) is 6.07 Å². The van der Waals surface area contributed by atoms with Gasteiger partial charge < -0.3 is 10.1 Å². The number of pyridine rings is 1. The number of hydrogen-bond acceptors (Lipinski definition) is 3. The van der Waals surface area contributed by atoms with E-state index in [-0.39, 0.29) is 12.3 Å². The molecule has 2 rings (SSSR count). The lowest BCUT2D eigenvalue weighted by Crippen LogP contribution is -2.14. The van der Waals surface area contributed by atoms with Crippen LogP contribution in [0.3, 0.4) is 0 Å². The predicted octanol–water partition coefficient (Wildman–Crippen LogP) is 1.60. The Morgan fingerprint density at radius 3 is 2.88 bits per heavy atom. The second kappa shape index (κ2) is 4.06. The number of hydrogen-bond donors (Lipinski definition) is 1. The Hall–Kier alpha value is -1.68. The molecule has 0 spiro atoms. The smallest absolute Gasteiger partial charge is 0.177 e. The second-order valence-corrected chi connectivity index (χ2v) is 4.11. The van der Waals surface area contributed by atoms with E-state index in [0.717, 1.165) is 11.3 Å². The average molecular weight is 217 g/mol. The number of rotatable bonds is 3. The third kappa shape index (κ3) is 1.72. The Kier molecular flexibility index (Phi) is 2.75. The van der Waals surface area contributed by atoms with Crippen molar-refractivity contribution in [2.24, 2.45) is 5.73 Å². The summed E-state index contributed by atoms with van der Waals surface area (Å²) in [6, 6.07) is 3.68. The summed E-state index contributed by atoms with van der Waals surface area (Å²) in [4.78, 5) is 15.8. The minimum Gasteiger partial charge on any atom is -0.324 e. The maximum Gasteiger partial charge on any atom is 0.177 e. The molecule has 0 saturated carbocycles. The first kappa shape index (κ1) is 10.8. The standard InChI is InChI=1S/C12H15N3O/c1-8(2)12-14-6-10-4-3-9(7-15(10)12)11(16)5-13/h3-4,6-8H,5,13H2,1-2H3. The molecule has 0 radical (unpaired) electrons. The van der Waals surface area contributed by atoms with Crippen molar-refractivity contribution in [2.75, 3.05) is 6.54 Å². The van der Waals surface area contributed by atoms with E-state index in [1.807, 2.05) is 22.9 Å². The molecular weight excluding hydrogens is 202 g/mol. The number of ketones is 1. The van der Waals surface area contributed by atoms with Crippen LogP contribution in [-0.2, 0) is 0 Å². The highest BCUT2D eigenvalue weighted by Crippen LogP contribution is 2.16. The van der Waals surface area contributed by atoms with Gasteiger partial charge in [-0.1, -0.05) is 13.8 Å². The number of Topliss-reactive ketones (excluding diaryl/α,β-unsaturated/α-hetero) is 1. The lowest BCUT2D eigenvalue weighted by atomic mass is 10.1. The van der Waals surface area contributed by atoms with E-state index < -0.39 is 0 Å². The van der Waals surface area contributed by atoms with Crippen molar-refractivity contribution in [2.45, 2.75) is 19.8 Å². The number of carbonyl (C=O) groups excluding carboxylic acids is 1. The first-order chi connectivity index (χ1) is 7.63. The van der Waals surface area contributed by atoms with Crippen LogP contribution in [0.4, 0.5) is 0 Å². The van der Waals surface area contributed by atoms with E-state index >= 15 is 0 Å². The highest BCUT2D eigenvalue weighted by atomic mass is 16.1. The highest BCUT2D eigenvalue weighted by Gasteiger charge is 2.10. The molecular formula is C12H15N3O. The Morgan fingerprint density at radius 2 is 2.25 bits per heavy atom. The number of aromatic nitrogens is 2. The normalized spacial score (nSPS) is 11.2. The summed E-state index contributed by atoms with van der Waals surface area (Å²) in [6.45, 7) is 4.19. The van der Waals surface area contributed by atoms with E-state index in [1.165, 1.54) is 0 Å². The molecule has 0 aromatic carbocycles. The van der Waals surface area contributed by atoms with E-state index in [4.69, 9.17) is 5.73 Å². The fourth-order valence-electron chi connectivity index (χ4n) is 1.72. The third-order valence-electron chi connectivity index (χ3n) is 2.58. The minimum atomic E-state index is -0.0506. The van der Waals surface area contributed by atoms with Crippen molar-refractivity contribution in [3.8, 4) is 0 Å². The lowest BCUT2D eigenvalue weighted by molar-refractivity contribution is 0.100. The van der Waals surface area contributed by atoms with Gasteiger partial charge >= 0.3 is 0 Å². The zero-order valence-corrected chi connectivity index (χ0v) is 9.47. The van der Waals surface area contributed by atoms with Gasteiger partial charge in [-0.15, -0.1) is 0 Å². The van der Waals surface area contributed by atoms with E-state index in [9.17, 15) is 4.79 Å². The molecule has 0 fully saturated rings. The van der Waals surface area contributed by atoms with Gasteiger partial charge in [-0.2, -0.15) is 0 Å². The summed E-state index contributed by atoms with van der Waals surface area (Å²) in [5.74, 6) is 1.23. The van der Waals surface area contributed by atoms with Crippen molar-refractivity contribution in [1.29, 1.82) is 0 Å². The summed E-state index contributed by atoms with van der Waals surface area (Å²) >= 11 is 0. The summed E-state index contributed by atoms with van der Waals surface area (Å²) < 4.78 is 1.95. The van der Waals surface area contributed by atoms with Crippen LogP contribution in [0.1, 0.15) is 35.9 Å². The quantitative estimate of drug-likeness (QED) is 0.794. The predicted molar refractivity (Wildman–Crippen MR) is 62.7 cm³/mol. The number of fused-ring (bicyclic) bond motifs is 1. The average Bonchev–Trinajstić information content (AvgIpc) is 2.70. The molecule has 2 heterocycles. The van der Waals surface area contributed by atoms with Crippen LogP contribution < -0.4 is 5.73 Å². The van der Waals surface area contributed by atoms with Crippen molar-refractivity contribution >= 4 is 11.3 Å². The molecule has 2 aromatic rings. The van der Waals surface area contributed by atoms with Crippen LogP contribution in [0.15, 0.2) is 24.5 Å². The molecule has 2 N–H and O–H groups in total. The zero-order valence-electron chi connectivity index (χ0n) is 9.47. The summed E-state index contributed by atoms with van der Waals surface area (Å²) in [6.07, 6.45) is 3.62. The topological polar surface area (TPSA) is 60.4 Å². The number of nitrogens with zero attached hydrogens (tertiary/aromatic N) is 2. The van der Waals surface area contributed by atoms with Crippen LogP contribution in [-0.4, -0.2) is 21.7 Å². The van der Waals surface area contributed by atoms with Gasteiger partial charge in [0.25, 0.3) is 0 Å². The monoisotopic (exact) mass is 217 g/mol. The Morgan fingerprint density at radius 1 is 1.50 bits per heavy atom. The lowest BCUT2D eigenvalue weighted by Gasteiger charge is -2.05. The molecule has 0 saturated heterocycles. The Balaban J connectivity index is 2.58. The first-order valence-electron chi connectivity index (χ1n) is 5.33. The van der Waals surface area contributed by atoms with Gasteiger partial charge in [0.1, 0.15) is 5.82 Å². The highest BCUT2D eigenvalue weighted by molar-refractivity contribution is 5.97. The molecule has 0 amide bonds. The second-order valence-electron chi connectivity index (χ2n) is 4.11. The Bertz CT molecular complexity index is 528. The fraction of sp³-hybridized carbons (Fsp3) is 0.333. The molecule has 0 aliphatic carbocycles. The van der Waals surface area contributed by atoms with Gasteiger partial charge in [0, 0.05) is 17.7 Å². The number of imidazole rings is 1. The van der Waals surface area contributed by atoms with Crippen molar-refractivity contribution < 1.29 is 4.79 Å². The maximum atomic E-state index is 11.5. The van der Waals surface area contributed by atoms with Crippen LogP contribution in [0.25, 0.3) is 5.52 Å². The molecule has 4 heteroatoms. The van der Waals surface area contributed by atoms with Gasteiger partial charge in [0.2, 0.25) is 0 Å². The van der Waals surface area contributed by atoms with E-state index in [0.29, 0.717) is 11.5 Å². The van der Waals surface area contributed by atoms with Crippen LogP contribution >= 0.6 is 0 Å². The molecule has 16 heavy (non-hydrogen) atoms. The molecule has 2 aromatic heterocycles. The van der Waals surface area contributed by atoms with Crippen molar-refractivity contribution in [3.63, 3.8) is 0 Å². The maximum absolute atomic E-state index is 11.5. The largest absolute Gasteiger partial charge is 0.324 e. The molecule has 0 unspecified atom stereocenters. The molecule has 0 atom stereocenters. The zero-order chi connectivity index (χ0) is 11.7. The summed E-state index contributed by atoms with van der Waals surface area (Å²) in [7, 11) is 0. The molecule has 0 aliphatic rings. The summed E-state index contributed by atoms with van der Waals surface area (Å²) in [5, 5.41) is 0. The molecule has 0 bridgehead atoms. The van der Waals surface area contributed by atoms with Crippen LogP contribution in [0.2, 0.25) is 0 Å². The third-order valence-corrected chi connectivity index (χ3v) is 2.58. The van der Waals surface area contributed by atoms with Crippen molar-refractivity contribution in [1.82, 2.24) is 9.38 Å². The SMILES string of the molecule is CC(C)c1ncc2ccc(C(=O)CN)cn12. The minimum absolute atomic E-state index is 0.0389. The van der Waals surface area contributed by atoms with Gasteiger partial charge in [-0.3, -0.25) is 4.79 Å². The number of nitrogens with two attached hydrogens (primary N) is 1. The van der Waals surface area contributed by atoms with Crippen molar-refractivity contribution in [3.05, 3.63) is 35.9 Å². The van der Waals surface area contributed by atoms with E-state index in [2.05, 4.69) is 18.8 Å². The Labute approximate surface area is 94.1 Å². The van der Waals surface area contributed by atoms with Gasteiger partial charge in [-0.25, -0.2) is 4.98 Å². The van der Waals surface area contributed by atoms with Gasteiger partial charge in [0.15, 0.2) is 5.78 Å². The molecule has 84 valence electrons. The van der Waals surface area contributed by atoms with Gasteiger partial charge in [0.05, 0.1) is 18.3 Å². The fourth-order valence-corrected chi connectivity index (χ4v) is 1.72.